The van der Waals surface area contributed by atoms with Gasteiger partial charge in [0, 0.05) is 24.1 Å². The number of hydrogen-bond acceptors (Lipinski definition) is 2. The van der Waals surface area contributed by atoms with Crippen molar-refractivity contribution in [3.8, 4) is 0 Å². The number of carbonyl (C=O) groups is 2. The number of amides is 2. The van der Waals surface area contributed by atoms with Crippen LogP contribution in [0.1, 0.15) is 24.8 Å². The van der Waals surface area contributed by atoms with Crippen molar-refractivity contribution in [2.24, 2.45) is 0 Å². The van der Waals surface area contributed by atoms with Crippen LogP contribution in [0, 0.1) is 0 Å². The maximum Gasteiger partial charge on any atom is 0.253 e. The second-order valence-corrected chi connectivity index (χ2v) is 4.66. The lowest BCUT2D eigenvalue weighted by Crippen LogP contribution is -2.39. The molecule has 0 spiro atoms. The molecule has 0 bridgehead atoms. The molecule has 4 heteroatoms. The molecule has 94 valence electrons. The smallest absolute Gasteiger partial charge is 0.253 e. The predicted molar refractivity (Wildman–Crippen MR) is 71.1 cm³/mol. The van der Waals surface area contributed by atoms with E-state index in [0.717, 1.165) is 18.4 Å². The molecule has 0 aromatic heterocycles. The zero-order chi connectivity index (χ0) is 13.0. The van der Waals surface area contributed by atoms with Gasteiger partial charge in [0.25, 0.3) is 5.91 Å². The lowest BCUT2D eigenvalue weighted by molar-refractivity contribution is -0.143. The summed E-state index contributed by atoms with van der Waals surface area (Å²) in [5, 5.41) is 0.657. The van der Waals surface area contributed by atoms with Gasteiger partial charge in [0.05, 0.1) is 0 Å². The van der Waals surface area contributed by atoms with Crippen molar-refractivity contribution < 1.29 is 9.59 Å². The molecule has 1 heterocycles. The van der Waals surface area contributed by atoms with Gasteiger partial charge in [-0.05, 0) is 36.6 Å². The number of rotatable bonds is 2. The van der Waals surface area contributed by atoms with E-state index in [9.17, 15) is 9.59 Å². The molecule has 1 aromatic carbocycles. The molecule has 1 saturated heterocycles. The first-order chi connectivity index (χ1) is 8.66. The Labute approximate surface area is 111 Å². The van der Waals surface area contributed by atoms with Gasteiger partial charge in [-0.2, -0.15) is 0 Å². The Kier molecular flexibility index (Phi) is 4.15. The highest BCUT2D eigenvalue weighted by Crippen LogP contribution is 2.13. The third kappa shape index (κ3) is 3.20. The first-order valence-corrected chi connectivity index (χ1v) is 6.32. The number of hydrogen-bond donors (Lipinski definition) is 0. The topological polar surface area (TPSA) is 37.4 Å². The van der Waals surface area contributed by atoms with Crippen LogP contribution in [0.4, 0.5) is 0 Å². The molecule has 2 amide bonds. The van der Waals surface area contributed by atoms with Gasteiger partial charge in [0.1, 0.15) is 0 Å². The monoisotopic (exact) mass is 263 g/mol. The summed E-state index contributed by atoms with van der Waals surface area (Å²) in [6.45, 7) is 0.530. The number of piperidine rings is 1. The maximum atomic E-state index is 11.8. The summed E-state index contributed by atoms with van der Waals surface area (Å²) in [4.78, 5) is 24.7. The summed E-state index contributed by atoms with van der Waals surface area (Å²) in [6, 6.07) is 7.17. The van der Waals surface area contributed by atoms with Gasteiger partial charge >= 0.3 is 0 Å². The van der Waals surface area contributed by atoms with Crippen LogP contribution in [0.2, 0.25) is 5.02 Å². The lowest BCUT2D eigenvalue weighted by atomic mass is 10.1. The maximum absolute atomic E-state index is 11.8. The quantitative estimate of drug-likeness (QED) is 0.770. The molecule has 1 aromatic rings. The fourth-order valence-electron chi connectivity index (χ4n) is 1.87. The average molecular weight is 264 g/mol. The van der Waals surface area contributed by atoms with Gasteiger partial charge in [-0.15, -0.1) is 0 Å². The largest absolute Gasteiger partial charge is 0.279 e. The molecule has 1 aliphatic rings. The van der Waals surface area contributed by atoms with E-state index in [2.05, 4.69) is 0 Å². The molecule has 1 aliphatic heterocycles. The average Bonchev–Trinajstić information content (AvgIpc) is 2.38. The second-order valence-electron chi connectivity index (χ2n) is 4.23. The summed E-state index contributed by atoms with van der Waals surface area (Å²) in [7, 11) is 0. The Morgan fingerprint density at radius 1 is 1.22 bits per heavy atom. The molecule has 0 aliphatic carbocycles. The molecular weight excluding hydrogens is 250 g/mol. The Bertz CT molecular complexity index is 479. The van der Waals surface area contributed by atoms with E-state index in [1.54, 1.807) is 18.2 Å². The molecule has 0 saturated carbocycles. The third-order valence-electron chi connectivity index (χ3n) is 2.88. The van der Waals surface area contributed by atoms with E-state index in [-0.39, 0.29) is 11.8 Å². The van der Waals surface area contributed by atoms with Gasteiger partial charge < -0.3 is 0 Å². The molecule has 3 nitrogen and oxygen atoms in total. The first-order valence-electron chi connectivity index (χ1n) is 5.95. The summed E-state index contributed by atoms with van der Waals surface area (Å²) in [5.74, 6) is -0.318. The van der Waals surface area contributed by atoms with Crippen molar-refractivity contribution in [1.82, 2.24) is 4.90 Å². The Hall–Kier alpha value is -1.61. The molecular formula is C14H14ClNO2. The van der Waals surface area contributed by atoms with Gasteiger partial charge in [0.2, 0.25) is 5.91 Å². The number of imide groups is 1. The number of carbonyl (C=O) groups excluding carboxylic acids is 2. The minimum Gasteiger partial charge on any atom is -0.279 e. The van der Waals surface area contributed by atoms with E-state index in [1.165, 1.54) is 11.0 Å². The molecule has 1 fully saturated rings. The van der Waals surface area contributed by atoms with Crippen molar-refractivity contribution in [3.63, 3.8) is 0 Å². The van der Waals surface area contributed by atoms with Crippen LogP contribution in [0.15, 0.2) is 30.3 Å². The van der Waals surface area contributed by atoms with Crippen LogP contribution in [0.25, 0.3) is 6.08 Å². The van der Waals surface area contributed by atoms with Crippen molar-refractivity contribution in [3.05, 3.63) is 40.9 Å². The predicted octanol–water partition coefficient (Wildman–Crippen LogP) is 2.89. The molecule has 0 N–H and O–H groups in total. The second kappa shape index (κ2) is 5.83. The Balaban J connectivity index is 2.02. The van der Waals surface area contributed by atoms with Crippen molar-refractivity contribution in [2.45, 2.75) is 19.3 Å². The summed E-state index contributed by atoms with van der Waals surface area (Å²) in [6.07, 6.45) is 5.38. The van der Waals surface area contributed by atoms with Crippen molar-refractivity contribution in [2.75, 3.05) is 6.54 Å². The van der Waals surface area contributed by atoms with Crippen LogP contribution >= 0.6 is 11.6 Å². The van der Waals surface area contributed by atoms with Crippen molar-refractivity contribution >= 4 is 29.5 Å². The molecule has 0 atom stereocenters. The summed E-state index contributed by atoms with van der Waals surface area (Å²) < 4.78 is 0. The van der Waals surface area contributed by atoms with E-state index in [0.29, 0.717) is 18.0 Å². The fraction of sp³-hybridized carbons (Fsp3) is 0.286. The third-order valence-corrected chi connectivity index (χ3v) is 3.13. The van der Waals surface area contributed by atoms with Crippen LogP contribution in [-0.2, 0) is 9.59 Å². The van der Waals surface area contributed by atoms with Crippen molar-refractivity contribution in [1.29, 1.82) is 0 Å². The zero-order valence-electron chi connectivity index (χ0n) is 9.93. The van der Waals surface area contributed by atoms with E-state index >= 15 is 0 Å². The fourth-order valence-corrected chi connectivity index (χ4v) is 2.00. The Morgan fingerprint density at radius 2 is 1.94 bits per heavy atom. The minimum atomic E-state index is -0.241. The van der Waals surface area contributed by atoms with E-state index in [4.69, 9.17) is 11.6 Å². The summed E-state index contributed by atoms with van der Waals surface area (Å²) in [5.41, 5.74) is 0.886. The minimum absolute atomic E-state index is 0.0768. The van der Waals surface area contributed by atoms with Gasteiger partial charge in [0.15, 0.2) is 0 Å². The van der Waals surface area contributed by atoms with Gasteiger partial charge in [-0.3, -0.25) is 14.5 Å². The van der Waals surface area contributed by atoms with Crippen LogP contribution in [-0.4, -0.2) is 23.3 Å². The first kappa shape index (κ1) is 12.8. The normalized spacial score (nSPS) is 16.3. The van der Waals surface area contributed by atoms with Gasteiger partial charge in [-0.1, -0.05) is 23.7 Å². The number of likely N-dealkylation sites (tertiary alicyclic amines) is 1. The lowest BCUT2D eigenvalue weighted by Gasteiger charge is -2.23. The van der Waals surface area contributed by atoms with E-state index in [1.807, 2.05) is 12.1 Å². The Morgan fingerprint density at radius 3 is 2.61 bits per heavy atom. The van der Waals surface area contributed by atoms with Crippen LogP contribution in [0.5, 0.6) is 0 Å². The standard InChI is InChI=1S/C14H14ClNO2/c15-12-7-4-11(5-8-12)6-9-14(18)16-10-2-1-3-13(16)17/h4-9H,1-3,10H2/b9-6+. The summed E-state index contributed by atoms with van der Waals surface area (Å²) >= 11 is 5.77. The number of nitrogens with zero attached hydrogens (tertiary/aromatic N) is 1. The SMILES string of the molecule is O=C(/C=C/c1ccc(Cl)cc1)N1CCCCC1=O. The highest BCUT2D eigenvalue weighted by atomic mass is 35.5. The molecule has 0 unspecified atom stereocenters. The van der Waals surface area contributed by atoms with Crippen LogP contribution in [0.3, 0.4) is 0 Å². The highest BCUT2D eigenvalue weighted by molar-refractivity contribution is 6.30. The van der Waals surface area contributed by atoms with E-state index < -0.39 is 0 Å². The molecule has 18 heavy (non-hydrogen) atoms. The molecule has 0 radical (unpaired) electrons. The highest BCUT2D eigenvalue weighted by Gasteiger charge is 2.22. The van der Waals surface area contributed by atoms with Gasteiger partial charge in [-0.25, -0.2) is 0 Å². The zero-order valence-corrected chi connectivity index (χ0v) is 10.7. The van der Waals surface area contributed by atoms with Crippen LogP contribution < -0.4 is 0 Å². The molecule has 2 rings (SSSR count). The number of halogens is 1. The number of benzene rings is 1.